The highest BCUT2D eigenvalue weighted by Gasteiger charge is 2.15. The highest BCUT2D eigenvalue weighted by Crippen LogP contribution is 2.03. The molecule has 0 aromatic carbocycles. The van der Waals surface area contributed by atoms with Crippen molar-refractivity contribution in [2.24, 2.45) is 0 Å². The number of rotatable bonds is 2. The zero-order valence-electron chi connectivity index (χ0n) is 8.08. The summed E-state index contributed by atoms with van der Waals surface area (Å²) < 4.78 is 1.84. The fourth-order valence-corrected chi connectivity index (χ4v) is 1.39. The lowest BCUT2D eigenvalue weighted by molar-refractivity contribution is -0.685. The van der Waals surface area contributed by atoms with E-state index in [4.69, 9.17) is 5.11 Å². The van der Waals surface area contributed by atoms with Gasteiger partial charge in [0.1, 0.15) is 0 Å². The van der Waals surface area contributed by atoms with Crippen molar-refractivity contribution in [1.82, 2.24) is 0 Å². The van der Waals surface area contributed by atoms with Gasteiger partial charge in [-0.3, -0.25) is 0 Å². The summed E-state index contributed by atoms with van der Waals surface area (Å²) in [5.74, 6) is -0.910. The summed E-state index contributed by atoms with van der Waals surface area (Å²) in [5, 5.41) is 10.7. The van der Waals surface area contributed by atoms with Crippen molar-refractivity contribution in [2.75, 3.05) is 11.6 Å². The molecule has 2 rings (SSSR count). The van der Waals surface area contributed by atoms with Crippen LogP contribution in [0.2, 0.25) is 0 Å². The molecule has 0 fully saturated rings. The maximum absolute atomic E-state index is 10.8. The highest BCUT2D eigenvalue weighted by molar-refractivity contribution is 5.90. The van der Waals surface area contributed by atoms with E-state index in [0.717, 1.165) is 0 Å². The molecule has 1 N–H and O–H groups in total. The first-order valence-electron chi connectivity index (χ1n) is 4.62. The SMILES string of the molecule is O=C(O)C1=CN([n+]2ccccc2)CC=C1. The standard InChI is InChI=1S/C11H10N2O2/c14-11(15)10-5-4-8-13(9-10)12-6-2-1-3-7-12/h1-7,9H,8H2/p+1. The van der Waals surface area contributed by atoms with E-state index in [1.165, 1.54) is 0 Å². The summed E-state index contributed by atoms with van der Waals surface area (Å²) >= 11 is 0. The Bertz CT molecular complexity index is 423. The summed E-state index contributed by atoms with van der Waals surface area (Å²) in [4.78, 5) is 10.8. The van der Waals surface area contributed by atoms with E-state index in [-0.39, 0.29) is 5.57 Å². The van der Waals surface area contributed by atoms with Gasteiger partial charge in [0, 0.05) is 12.1 Å². The quantitative estimate of drug-likeness (QED) is 0.710. The van der Waals surface area contributed by atoms with Crippen LogP contribution in [0.4, 0.5) is 0 Å². The first-order chi connectivity index (χ1) is 7.27. The molecule has 2 heterocycles. The van der Waals surface area contributed by atoms with Gasteiger partial charge in [0.05, 0.1) is 18.3 Å². The average molecular weight is 203 g/mol. The van der Waals surface area contributed by atoms with Crippen molar-refractivity contribution in [3.05, 3.63) is 54.5 Å². The number of hydrogen-bond acceptors (Lipinski definition) is 2. The molecule has 4 heteroatoms. The van der Waals surface area contributed by atoms with Gasteiger partial charge in [-0.15, -0.1) is 0 Å². The predicted molar refractivity (Wildman–Crippen MR) is 54.6 cm³/mol. The predicted octanol–water partition coefficient (Wildman–Crippen LogP) is 0.450. The zero-order chi connectivity index (χ0) is 10.7. The zero-order valence-corrected chi connectivity index (χ0v) is 8.08. The lowest BCUT2D eigenvalue weighted by Gasteiger charge is -2.14. The molecule has 0 saturated heterocycles. The molecule has 4 nitrogen and oxygen atoms in total. The summed E-state index contributed by atoms with van der Waals surface area (Å²) in [7, 11) is 0. The van der Waals surface area contributed by atoms with Crippen LogP contribution in [0.25, 0.3) is 0 Å². The number of nitrogens with zero attached hydrogens (tertiary/aromatic N) is 2. The third-order valence-electron chi connectivity index (χ3n) is 2.12. The van der Waals surface area contributed by atoms with Crippen molar-refractivity contribution in [1.29, 1.82) is 0 Å². The maximum atomic E-state index is 10.8. The van der Waals surface area contributed by atoms with E-state index in [0.29, 0.717) is 6.54 Å². The van der Waals surface area contributed by atoms with Gasteiger partial charge in [-0.2, -0.15) is 5.01 Å². The highest BCUT2D eigenvalue weighted by atomic mass is 16.4. The Morgan fingerprint density at radius 3 is 2.73 bits per heavy atom. The number of carbonyl (C=O) groups is 1. The van der Waals surface area contributed by atoms with E-state index in [1.807, 2.05) is 46.4 Å². The van der Waals surface area contributed by atoms with E-state index >= 15 is 0 Å². The van der Waals surface area contributed by atoms with Crippen molar-refractivity contribution < 1.29 is 14.6 Å². The largest absolute Gasteiger partial charge is 0.478 e. The summed E-state index contributed by atoms with van der Waals surface area (Å²) in [6, 6.07) is 5.71. The summed E-state index contributed by atoms with van der Waals surface area (Å²) in [6.45, 7) is 0.672. The molecule has 0 unspecified atom stereocenters. The van der Waals surface area contributed by atoms with Crippen LogP contribution in [0.3, 0.4) is 0 Å². The fraction of sp³-hybridized carbons (Fsp3) is 0.0909. The second-order valence-electron chi connectivity index (χ2n) is 3.17. The maximum Gasteiger partial charge on any atom is 0.337 e. The Hall–Kier alpha value is -2.10. The average Bonchev–Trinajstić information content (AvgIpc) is 2.30. The smallest absolute Gasteiger partial charge is 0.337 e. The second kappa shape index (κ2) is 3.96. The van der Waals surface area contributed by atoms with Gasteiger partial charge in [0.25, 0.3) is 0 Å². The van der Waals surface area contributed by atoms with Crippen LogP contribution in [0, 0.1) is 0 Å². The normalized spacial score (nSPS) is 14.9. The molecule has 1 aliphatic heterocycles. The first kappa shape index (κ1) is 9.45. The van der Waals surface area contributed by atoms with E-state index < -0.39 is 5.97 Å². The van der Waals surface area contributed by atoms with Crippen molar-refractivity contribution >= 4 is 5.97 Å². The molecule has 1 aliphatic rings. The molecule has 15 heavy (non-hydrogen) atoms. The van der Waals surface area contributed by atoms with E-state index in [1.54, 1.807) is 12.3 Å². The molecule has 0 spiro atoms. The first-order valence-corrected chi connectivity index (χ1v) is 4.62. The van der Waals surface area contributed by atoms with Crippen molar-refractivity contribution in [3.63, 3.8) is 0 Å². The minimum atomic E-state index is -0.910. The lowest BCUT2D eigenvalue weighted by Crippen LogP contribution is -2.54. The number of aliphatic carboxylic acids is 1. The summed E-state index contributed by atoms with van der Waals surface area (Å²) in [5.41, 5.74) is 0.289. The topological polar surface area (TPSA) is 44.4 Å². The molecular weight excluding hydrogens is 192 g/mol. The fourth-order valence-electron chi connectivity index (χ4n) is 1.39. The molecular formula is C11H11N2O2+. The minimum absolute atomic E-state index is 0.289. The Morgan fingerprint density at radius 2 is 2.07 bits per heavy atom. The van der Waals surface area contributed by atoms with E-state index in [9.17, 15) is 4.79 Å². The van der Waals surface area contributed by atoms with Crippen LogP contribution in [-0.4, -0.2) is 17.6 Å². The van der Waals surface area contributed by atoms with Crippen molar-refractivity contribution in [3.8, 4) is 0 Å². The van der Waals surface area contributed by atoms with Gasteiger partial charge in [-0.1, -0.05) is 16.8 Å². The van der Waals surface area contributed by atoms with Gasteiger partial charge in [0.2, 0.25) is 0 Å². The number of carboxylic acids is 1. The number of aromatic nitrogens is 1. The molecule has 1 aromatic heterocycles. The van der Waals surface area contributed by atoms with Crippen LogP contribution in [-0.2, 0) is 4.79 Å². The molecule has 0 aliphatic carbocycles. The van der Waals surface area contributed by atoms with Crippen molar-refractivity contribution in [2.45, 2.75) is 0 Å². The van der Waals surface area contributed by atoms with Gasteiger partial charge in [-0.05, 0) is 6.08 Å². The Balaban J connectivity index is 2.27. The Morgan fingerprint density at radius 1 is 1.33 bits per heavy atom. The third-order valence-corrected chi connectivity index (χ3v) is 2.12. The van der Waals surface area contributed by atoms with Crippen LogP contribution >= 0.6 is 0 Å². The van der Waals surface area contributed by atoms with Gasteiger partial charge < -0.3 is 5.11 Å². The van der Waals surface area contributed by atoms with Gasteiger partial charge >= 0.3 is 5.97 Å². The number of pyridine rings is 1. The van der Waals surface area contributed by atoms with Crippen LogP contribution in [0.15, 0.2) is 54.5 Å². The molecule has 76 valence electrons. The molecule has 0 saturated carbocycles. The molecule has 0 atom stereocenters. The monoisotopic (exact) mass is 203 g/mol. The molecule has 0 radical (unpaired) electrons. The second-order valence-corrected chi connectivity index (χ2v) is 3.17. The van der Waals surface area contributed by atoms with Crippen LogP contribution in [0.5, 0.6) is 0 Å². The minimum Gasteiger partial charge on any atom is -0.478 e. The lowest BCUT2D eigenvalue weighted by atomic mass is 10.2. The van der Waals surface area contributed by atoms with E-state index in [2.05, 4.69) is 0 Å². The van der Waals surface area contributed by atoms with Crippen LogP contribution in [0.1, 0.15) is 0 Å². The Kier molecular flexibility index (Phi) is 2.49. The molecule has 1 aromatic rings. The van der Waals surface area contributed by atoms with Crippen LogP contribution < -0.4 is 9.69 Å². The third kappa shape index (κ3) is 2.04. The molecule has 0 bridgehead atoms. The Labute approximate surface area is 87.4 Å². The summed E-state index contributed by atoms with van der Waals surface area (Å²) in [6.07, 6.45) is 8.79. The molecule has 0 amide bonds. The number of hydrogen-bond donors (Lipinski definition) is 1. The van der Waals surface area contributed by atoms with Gasteiger partial charge in [-0.25, -0.2) is 4.79 Å². The number of carboxylic acid groups (broad SMARTS) is 1. The van der Waals surface area contributed by atoms with Gasteiger partial charge in [0.15, 0.2) is 12.4 Å².